The van der Waals surface area contributed by atoms with Gasteiger partial charge in [0.05, 0.1) is 16.3 Å². The Morgan fingerprint density at radius 3 is 2.14 bits per heavy atom. The van der Waals surface area contributed by atoms with Crippen LogP contribution in [0.25, 0.3) is 0 Å². The number of rotatable bonds is 7. The molecular formula is C26H27Cl2N3O3S. The van der Waals surface area contributed by atoms with Crippen molar-refractivity contribution in [2.45, 2.75) is 38.0 Å². The lowest BCUT2D eigenvalue weighted by atomic mass is 9.86. The molecule has 0 spiro atoms. The Bertz CT molecular complexity index is 1330. The molecule has 0 saturated heterocycles. The number of nitrogens with zero attached hydrogens (tertiary/aromatic N) is 2. The van der Waals surface area contributed by atoms with Gasteiger partial charge >= 0.3 is 0 Å². The van der Waals surface area contributed by atoms with E-state index in [0.717, 1.165) is 9.87 Å². The topological polar surface area (TPSA) is 78.8 Å². The summed E-state index contributed by atoms with van der Waals surface area (Å²) in [6.45, 7) is 7.67. The molecule has 0 aliphatic rings. The summed E-state index contributed by atoms with van der Waals surface area (Å²) in [6.07, 6.45) is 0. The van der Waals surface area contributed by atoms with Crippen molar-refractivity contribution < 1.29 is 13.2 Å². The average molecular weight is 532 g/mol. The summed E-state index contributed by atoms with van der Waals surface area (Å²) in [5.41, 5.74) is 5.36. The van der Waals surface area contributed by atoms with E-state index in [1.165, 1.54) is 35.9 Å². The Balaban J connectivity index is 1.83. The lowest BCUT2D eigenvalue weighted by Crippen LogP contribution is -2.39. The van der Waals surface area contributed by atoms with Gasteiger partial charge in [0.1, 0.15) is 6.54 Å². The van der Waals surface area contributed by atoms with E-state index in [2.05, 4.69) is 31.3 Å². The average Bonchev–Trinajstić information content (AvgIpc) is 2.80. The van der Waals surface area contributed by atoms with Crippen LogP contribution in [-0.4, -0.2) is 26.6 Å². The van der Waals surface area contributed by atoms with Crippen molar-refractivity contribution in [3.8, 4) is 0 Å². The van der Waals surface area contributed by atoms with Crippen LogP contribution in [0.5, 0.6) is 0 Å². The van der Waals surface area contributed by atoms with E-state index >= 15 is 0 Å². The zero-order valence-electron chi connectivity index (χ0n) is 19.9. The van der Waals surface area contributed by atoms with E-state index in [0.29, 0.717) is 15.8 Å². The summed E-state index contributed by atoms with van der Waals surface area (Å²) in [4.78, 5) is 12.8. The van der Waals surface area contributed by atoms with Gasteiger partial charge in [-0.3, -0.25) is 9.10 Å². The number of carbonyl (C=O) groups excluding carboxylic acids is 1. The molecule has 0 aliphatic heterocycles. The molecule has 35 heavy (non-hydrogen) atoms. The third-order valence-corrected chi connectivity index (χ3v) is 7.58. The zero-order valence-corrected chi connectivity index (χ0v) is 22.2. The third kappa shape index (κ3) is 6.84. The van der Waals surface area contributed by atoms with Gasteiger partial charge in [0.15, 0.2) is 0 Å². The van der Waals surface area contributed by atoms with Crippen molar-refractivity contribution in [3.05, 3.63) is 94.0 Å². The van der Waals surface area contributed by atoms with Crippen LogP contribution in [0, 0.1) is 0 Å². The van der Waals surface area contributed by atoms with Crippen LogP contribution in [0.15, 0.2) is 82.8 Å². The molecule has 3 rings (SSSR count). The lowest BCUT2D eigenvalue weighted by molar-refractivity contribution is -0.119. The Morgan fingerprint density at radius 2 is 1.57 bits per heavy atom. The van der Waals surface area contributed by atoms with Crippen LogP contribution in [0.4, 0.5) is 5.69 Å². The molecule has 0 unspecified atom stereocenters. The highest BCUT2D eigenvalue weighted by Crippen LogP contribution is 2.27. The normalized spacial score (nSPS) is 12.3. The Kier molecular flexibility index (Phi) is 8.26. The van der Waals surface area contributed by atoms with Gasteiger partial charge in [0.25, 0.3) is 15.9 Å². The molecule has 6 nitrogen and oxygen atoms in total. The Morgan fingerprint density at radius 1 is 0.943 bits per heavy atom. The van der Waals surface area contributed by atoms with E-state index in [4.69, 9.17) is 23.2 Å². The SMILES string of the molecule is C/C(=N/NC(=O)CN(c1cccc(Cl)c1)S(=O)(=O)c1ccc(Cl)cc1)c1ccc(C(C)(C)C)cc1. The molecule has 0 atom stereocenters. The molecule has 0 bridgehead atoms. The predicted octanol–water partition coefficient (Wildman–Crippen LogP) is 6.03. The Hall–Kier alpha value is -2.87. The second kappa shape index (κ2) is 10.8. The molecular weight excluding hydrogens is 505 g/mol. The quantitative estimate of drug-likeness (QED) is 0.298. The molecule has 184 valence electrons. The highest BCUT2D eigenvalue weighted by molar-refractivity contribution is 7.92. The maximum absolute atomic E-state index is 13.4. The summed E-state index contributed by atoms with van der Waals surface area (Å²) in [5.74, 6) is -0.604. The fraction of sp³-hybridized carbons (Fsp3) is 0.231. The number of sulfonamides is 1. The molecule has 1 amide bonds. The first-order valence-corrected chi connectivity index (χ1v) is 13.1. The molecule has 3 aromatic rings. The molecule has 0 saturated carbocycles. The minimum atomic E-state index is -4.09. The van der Waals surface area contributed by atoms with E-state index < -0.39 is 22.5 Å². The fourth-order valence-corrected chi connectivity index (χ4v) is 4.99. The molecule has 0 heterocycles. The van der Waals surface area contributed by atoms with Crippen molar-refractivity contribution in [1.82, 2.24) is 5.43 Å². The molecule has 3 aromatic carbocycles. The van der Waals surface area contributed by atoms with Crippen LogP contribution < -0.4 is 9.73 Å². The third-order valence-electron chi connectivity index (χ3n) is 5.30. The van der Waals surface area contributed by atoms with Crippen molar-refractivity contribution in [2.75, 3.05) is 10.8 Å². The number of nitrogens with one attached hydrogen (secondary N) is 1. The fourth-order valence-electron chi connectivity index (χ4n) is 3.27. The lowest BCUT2D eigenvalue weighted by Gasteiger charge is -2.24. The summed E-state index contributed by atoms with van der Waals surface area (Å²) in [7, 11) is -4.09. The van der Waals surface area contributed by atoms with Crippen molar-refractivity contribution in [1.29, 1.82) is 0 Å². The van der Waals surface area contributed by atoms with E-state index in [-0.39, 0.29) is 16.0 Å². The van der Waals surface area contributed by atoms with Gasteiger partial charge in [-0.15, -0.1) is 0 Å². The van der Waals surface area contributed by atoms with Crippen LogP contribution in [0.2, 0.25) is 10.0 Å². The second-order valence-corrected chi connectivity index (χ2v) is 11.7. The predicted molar refractivity (Wildman–Crippen MR) is 143 cm³/mol. The summed E-state index contributed by atoms with van der Waals surface area (Å²) in [5, 5.41) is 4.91. The molecule has 0 aliphatic carbocycles. The summed E-state index contributed by atoms with van der Waals surface area (Å²) in [6, 6.07) is 19.9. The number of halogens is 2. The first kappa shape index (κ1) is 26.7. The van der Waals surface area contributed by atoms with Crippen molar-refractivity contribution >= 4 is 50.5 Å². The molecule has 9 heteroatoms. The molecule has 0 fully saturated rings. The van der Waals surface area contributed by atoms with E-state index in [9.17, 15) is 13.2 Å². The first-order valence-electron chi connectivity index (χ1n) is 10.9. The Labute approximate surface area is 216 Å². The van der Waals surface area contributed by atoms with Gasteiger partial charge in [-0.05, 0) is 65.9 Å². The van der Waals surface area contributed by atoms with Crippen LogP contribution >= 0.6 is 23.2 Å². The van der Waals surface area contributed by atoms with Crippen LogP contribution in [0.3, 0.4) is 0 Å². The minimum Gasteiger partial charge on any atom is -0.271 e. The number of hydrogen-bond donors (Lipinski definition) is 1. The van der Waals surface area contributed by atoms with Crippen LogP contribution in [-0.2, 0) is 20.2 Å². The van der Waals surface area contributed by atoms with E-state index in [1.54, 1.807) is 25.1 Å². The molecule has 1 N–H and O–H groups in total. The van der Waals surface area contributed by atoms with Gasteiger partial charge in [-0.2, -0.15) is 5.10 Å². The van der Waals surface area contributed by atoms with Crippen molar-refractivity contribution in [3.63, 3.8) is 0 Å². The van der Waals surface area contributed by atoms with Gasteiger partial charge in [0.2, 0.25) is 0 Å². The number of anilines is 1. The zero-order chi connectivity index (χ0) is 25.8. The van der Waals surface area contributed by atoms with Gasteiger partial charge in [-0.25, -0.2) is 13.8 Å². The number of benzene rings is 3. The highest BCUT2D eigenvalue weighted by Gasteiger charge is 2.27. The monoisotopic (exact) mass is 531 g/mol. The van der Waals surface area contributed by atoms with Crippen molar-refractivity contribution in [2.24, 2.45) is 5.10 Å². The van der Waals surface area contributed by atoms with E-state index in [1.807, 2.05) is 24.3 Å². The summed E-state index contributed by atoms with van der Waals surface area (Å²) < 4.78 is 27.8. The van der Waals surface area contributed by atoms with Gasteiger partial charge in [-0.1, -0.05) is 74.3 Å². The number of amides is 1. The largest absolute Gasteiger partial charge is 0.271 e. The first-order chi connectivity index (χ1) is 16.4. The number of hydrogen-bond acceptors (Lipinski definition) is 4. The smallest absolute Gasteiger partial charge is 0.264 e. The van der Waals surface area contributed by atoms with Gasteiger partial charge in [0, 0.05) is 10.0 Å². The number of hydrazone groups is 1. The summed E-state index contributed by atoms with van der Waals surface area (Å²) >= 11 is 12.0. The van der Waals surface area contributed by atoms with Crippen LogP contribution in [0.1, 0.15) is 38.8 Å². The number of carbonyl (C=O) groups is 1. The molecule has 0 radical (unpaired) electrons. The minimum absolute atomic E-state index is 0.00621. The molecule has 0 aromatic heterocycles. The second-order valence-electron chi connectivity index (χ2n) is 9.01. The maximum Gasteiger partial charge on any atom is 0.264 e. The van der Waals surface area contributed by atoms with Gasteiger partial charge < -0.3 is 0 Å². The standard InChI is InChI=1S/C26H27Cl2N3O3S/c1-18(19-8-10-20(11-9-19)26(2,3)4)29-30-25(32)17-31(23-7-5-6-22(28)16-23)35(33,34)24-14-12-21(27)13-15-24/h5-16H,17H2,1-4H3,(H,30,32)/b29-18-. The maximum atomic E-state index is 13.4. The highest BCUT2D eigenvalue weighted by atomic mass is 35.5.